The average molecular weight is 235 g/mol. The Balaban J connectivity index is 2.57. The molecule has 1 aromatic rings. The summed E-state index contributed by atoms with van der Waals surface area (Å²) < 4.78 is 1.00. The minimum atomic E-state index is -0.167. The Morgan fingerprint density at radius 2 is 2.55 bits per heavy atom. The summed E-state index contributed by atoms with van der Waals surface area (Å²) >= 11 is 4.82. The summed E-state index contributed by atoms with van der Waals surface area (Å²) in [6, 6.07) is 1.90. The highest BCUT2D eigenvalue weighted by Gasteiger charge is 2.02. The van der Waals surface area contributed by atoms with Crippen molar-refractivity contribution in [1.29, 1.82) is 0 Å². The maximum absolute atomic E-state index is 10.7. The molecule has 5 heteroatoms. The standard InChI is InChI=1S/C6H7BrN2OS/c7-4-1-5(11-3-4)2-6(10)9-8/h1,3H,2,8H2,(H,9,10). The van der Waals surface area contributed by atoms with Crippen molar-refractivity contribution in [2.75, 3.05) is 0 Å². The van der Waals surface area contributed by atoms with Gasteiger partial charge in [-0.3, -0.25) is 10.2 Å². The van der Waals surface area contributed by atoms with E-state index in [9.17, 15) is 4.79 Å². The van der Waals surface area contributed by atoms with Crippen LogP contribution < -0.4 is 11.3 Å². The van der Waals surface area contributed by atoms with Gasteiger partial charge >= 0.3 is 0 Å². The molecular weight excluding hydrogens is 228 g/mol. The molecule has 0 atom stereocenters. The van der Waals surface area contributed by atoms with E-state index in [1.807, 2.05) is 11.4 Å². The van der Waals surface area contributed by atoms with Gasteiger partial charge in [-0.1, -0.05) is 0 Å². The van der Waals surface area contributed by atoms with Gasteiger partial charge in [-0.25, -0.2) is 5.84 Å². The van der Waals surface area contributed by atoms with Crippen LogP contribution in [0.15, 0.2) is 15.9 Å². The zero-order chi connectivity index (χ0) is 8.27. The lowest BCUT2D eigenvalue weighted by Crippen LogP contribution is -2.31. The molecule has 3 nitrogen and oxygen atoms in total. The number of carbonyl (C=O) groups is 1. The first kappa shape index (κ1) is 8.70. The maximum Gasteiger partial charge on any atom is 0.239 e. The molecule has 0 radical (unpaired) electrons. The number of hydrogen-bond donors (Lipinski definition) is 2. The van der Waals surface area contributed by atoms with Crippen molar-refractivity contribution in [3.05, 3.63) is 20.8 Å². The highest BCUT2D eigenvalue weighted by atomic mass is 79.9. The van der Waals surface area contributed by atoms with Crippen LogP contribution in [-0.2, 0) is 11.2 Å². The minimum absolute atomic E-state index is 0.167. The first-order valence-electron chi connectivity index (χ1n) is 2.94. The van der Waals surface area contributed by atoms with Crippen LogP contribution >= 0.6 is 27.3 Å². The predicted molar refractivity (Wildman–Crippen MR) is 48.1 cm³/mol. The molecule has 0 aliphatic rings. The van der Waals surface area contributed by atoms with Crippen LogP contribution in [0.4, 0.5) is 0 Å². The van der Waals surface area contributed by atoms with Gasteiger partial charge < -0.3 is 0 Å². The number of thiophene rings is 1. The van der Waals surface area contributed by atoms with Crippen molar-refractivity contribution >= 4 is 33.2 Å². The first-order valence-corrected chi connectivity index (χ1v) is 4.62. The van der Waals surface area contributed by atoms with Gasteiger partial charge in [0.1, 0.15) is 0 Å². The van der Waals surface area contributed by atoms with E-state index in [0.29, 0.717) is 6.42 Å². The Morgan fingerprint density at radius 3 is 3.00 bits per heavy atom. The van der Waals surface area contributed by atoms with Crippen LogP contribution in [0.25, 0.3) is 0 Å². The van der Waals surface area contributed by atoms with E-state index in [1.54, 1.807) is 0 Å². The van der Waals surface area contributed by atoms with Crippen LogP contribution in [-0.4, -0.2) is 5.91 Å². The largest absolute Gasteiger partial charge is 0.294 e. The molecule has 0 fully saturated rings. The molecule has 0 unspecified atom stereocenters. The molecule has 3 N–H and O–H groups in total. The van der Waals surface area contributed by atoms with Gasteiger partial charge in [0.05, 0.1) is 6.42 Å². The zero-order valence-electron chi connectivity index (χ0n) is 5.63. The summed E-state index contributed by atoms with van der Waals surface area (Å²) in [5, 5.41) is 1.93. The molecule has 0 spiro atoms. The van der Waals surface area contributed by atoms with E-state index >= 15 is 0 Å². The fourth-order valence-electron chi connectivity index (χ4n) is 0.656. The van der Waals surface area contributed by atoms with Gasteiger partial charge in [0.2, 0.25) is 5.91 Å². The Morgan fingerprint density at radius 1 is 1.82 bits per heavy atom. The molecule has 0 saturated heterocycles. The van der Waals surface area contributed by atoms with Gasteiger partial charge in [0.25, 0.3) is 0 Å². The van der Waals surface area contributed by atoms with Crippen LogP contribution in [0.5, 0.6) is 0 Å². The Kier molecular flexibility index (Phi) is 3.04. The van der Waals surface area contributed by atoms with Crippen LogP contribution in [0, 0.1) is 0 Å². The quantitative estimate of drug-likeness (QED) is 0.457. The number of hydrogen-bond acceptors (Lipinski definition) is 3. The zero-order valence-corrected chi connectivity index (χ0v) is 8.04. The Hall–Kier alpha value is -0.390. The highest BCUT2D eigenvalue weighted by molar-refractivity contribution is 9.10. The van der Waals surface area contributed by atoms with Gasteiger partial charge in [-0.05, 0) is 22.0 Å². The lowest BCUT2D eigenvalue weighted by Gasteiger charge is -1.93. The molecule has 1 rings (SSSR count). The SMILES string of the molecule is NNC(=O)Cc1cc(Br)cs1. The third kappa shape index (κ3) is 2.61. The van der Waals surface area contributed by atoms with Gasteiger partial charge in [-0.15, -0.1) is 11.3 Å². The van der Waals surface area contributed by atoms with Crippen molar-refractivity contribution in [3.63, 3.8) is 0 Å². The molecule has 1 aromatic heterocycles. The molecule has 11 heavy (non-hydrogen) atoms. The molecule has 0 aromatic carbocycles. The van der Waals surface area contributed by atoms with Gasteiger partial charge in [-0.2, -0.15) is 0 Å². The number of halogens is 1. The van der Waals surface area contributed by atoms with E-state index in [1.165, 1.54) is 11.3 Å². The fraction of sp³-hybridized carbons (Fsp3) is 0.167. The third-order valence-electron chi connectivity index (χ3n) is 1.12. The Bertz CT molecular complexity index is 261. The average Bonchev–Trinajstić information content (AvgIpc) is 2.35. The molecule has 1 amide bonds. The highest BCUT2D eigenvalue weighted by Crippen LogP contribution is 2.19. The fourth-order valence-corrected chi connectivity index (χ4v) is 2.11. The Labute approximate surface area is 76.7 Å². The summed E-state index contributed by atoms with van der Waals surface area (Å²) in [5.74, 6) is 4.75. The summed E-state index contributed by atoms with van der Waals surface area (Å²) in [6.07, 6.45) is 0.354. The van der Waals surface area contributed by atoms with Gasteiger partial charge in [0.15, 0.2) is 0 Å². The van der Waals surface area contributed by atoms with E-state index < -0.39 is 0 Å². The number of amides is 1. The molecule has 0 aliphatic heterocycles. The topological polar surface area (TPSA) is 55.1 Å². The first-order chi connectivity index (χ1) is 5.22. The second-order valence-electron chi connectivity index (χ2n) is 1.98. The molecule has 0 bridgehead atoms. The van der Waals surface area contributed by atoms with Crippen molar-refractivity contribution < 1.29 is 4.79 Å². The smallest absolute Gasteiger partial charge is 0.239 e. The van der Waals surface area contributed by atoms with Crippen LogP contribution in [0.1, 0.15) is 4.88 Å². The maximum atomic E-state index is 10.7. The summed E-state index contributed by atoms with van der Waals surface area (Å²) in [4.78, 5) is 11.7. The lowest BCUT2D eigenvalue weighted by molar-refractivity contribution is -0.120. The lowest BCUT2D eigenvalue weighted by atomic mass is 10.3. The number of nitrogens with one attached hydrogen (secondary N) is 1. The van der Waals surface area contributed by atoms with Crippen LogP contribution in [0.3, 0.4) is 0 Å². The normalized spacial score (nSPS) is 9.64. The van der Waals surface area contributed by atoms with E-state index in [4.69, 9.17) is 5.84 Å². The van der Waals surface area contributed by atoms with E-state index in [0.717, 1.165) is 9.35 Å². The number of hydrazine groups is 1. The summed E-state index contributed by atoms with van der Waals surface area (Å²) in [6.45, 7) is 0. The monoisotopic (exact) mass is 234 g/mol. The number of nitrogens with two attached hydrogens (primary N) is 1. The van der Waals surface area contributed by atoms with Crippen LogP contribution in [0.2, 0.25) is 0 Å². The van der Waals surface area contributed by atoms with Crippen molar-refractivity contribution in [3.8, 4) is 0 Å². The van der Waals surface area contributed by atoms with E-state index in [2.05, 4.69) is 21.4 Å². The molecular formula is C6H7BrN2OS. The summed E-state index contributed by atoms with van der Waals surface area (Å²) in [5.41, 5.74) is 2.08. The van der Waals surface area contributed by atoms with Crippen molar-refractivity contribution in [2.24, 2.45) is 5.84 Å². The number of rotatable bonds is 2. The minimum Gasteiger partial charge on any atom is -0.294 e. The molecule has 0 aliphatic carbocycles. The van der Waals surface area contributed by atoms with Crippen molar-refractivity contribution in [2.45, 2.75) is 6.42 Å². The number of carbonyl (C=O) groups excluding carboxylic acids is 1. The molecule has 1 heterocycles. The predicted octanol–water partition coefficient (Wildman–Crippen LogP) is 1.04. The second kappa shape index (κ2) is 3.85. The van der Waals surface area contributed by atoms with Gasteiger partial charge in [0, 0.05) is 14.7 Å². The second-order valence-corrected chi connectivity index (χ2v) is 3.89. The molecule has 0 saturated carbocycles. The summed E-state index contributed by atoms with van der Waals surface area (Å²) in [7, 11) is 0. The van der Waals surface area contributed by atoms with E-state index in [-0.39, 0.29) is 5.91 Å². The third-order valence-corrected chi connectivity index (χ3v) is 2.82. The van der Waals surface area contributed by atoms with Crippen molar-refractivity contribution in [1.82, 2.24) is 5.43 Å². The molecule has 60 valence electrons.